The first-order valence-electron chi connectivity index (χ1n) is 20.1. The minimum Gasteiger partial charge on any atom is -0.496 e. The number of rotatable bonds is 9. The largest absolute Gasteiger partial charge is 0.496 e. The van der Waals surface area contributed by atoms with E-state index in [2.05, 4.69) is 18.6 Å². The van der Waals surface area contributed by atoms with Crippen LogP contribution in [0, 0.1) is 30.1 Å². The Morgan fingerprint density at radius 3 is 2.48 bits per heavy atom. The maximum atomic E-state index is 14.9. The lowest BCUT2D eigenvalue weighted by molar-refractivity contribution is -0.134. The lowest BCUT2D eigenvalue weighted by Crippen LogP contribution is -2.43. The zero-order valence-corrected chi connectivity index (χ0v) is 34.5. The number of amides is 2. The van der Waals surface area contributed by atoms with Crippen LogP contribution < -0.4 is 19.1 Å². The molecule has 2 amide bonds. The molecule has 0 bridgehead atoms. The van der Waals surface area contributed by atoms with Crippen molar-refractivity contribution >= 4 is 55.5 Å². The standard InChI is InChI=1S/C44H50N4O7S2.CH4/c1-26(2)36-25-56-41(46-36)35-22-39(32-17-18-38(54-4)27(3)40(32)45-35)55-30-20-33-34(21-30)42(50)48(29-13-9-7-10-14-29)19-11-6-5-8-12-28-23-44(28,24-37(33)49)43(51)47-57(52,53)31-15-16-31;/h7-10,12-14,17-18,22,25-26,28,30-31,33-34H,5-6,11,15-16,19-21,23-24H2,1-4H3,(H,47,51);1H4/b12-8-;/t28-,30-,33-,34-,44-;/m1./s1. The smallest absolute Gasteiger partial charge is 0.240 e. The van der Waals surface area contributed by atoms with E-state index in [1.807, 2.05) is 73.0 Å². The Labute approximate surface area is 345 Å². The van der Waals surface area contributed by atoms with Gasteiger partial charge in [-0.1, -0.05) is 51.6 Å². The van der Waals surface area contributed by atoms with Gasteiger partial charge in [0.15, 0.2) is 0 Å². The number of thiazole rings is 1. The number of sulfonamides is 1. The summed E-state index contributed by atoms with van der Waals surface area (Å²) >= 11 is 1.52. The molecular weight excluding hydrogens is 773 g/mol. The van der Waals surface area contributed by atoms with Crippen molar-refractivity contribution in [3.05, 3.63) is 77.3 Å². The summed E-state index contributed by atoms with van der Waals surface area (Å²) in [5, 5.41) is 3.01. The zero-order chi connectivity index (χ0) is 40.1. The molecule has 0 saturated heterocycles. The number of ether oxygens (including phenoxy) is 2. The molecule has 5 atom stereocenters. The van der Waals surface area contributed by atoms with Gasteiger partial charge >= 0.3 is 0 Å². The summed E-state index contributed by atoms with van der Waals surface area (Å²) in [7, 11) is -2.19. The molecule has 308 valence electrons. The molecule has 1 N–H and O–H groups in total. The fraction of sp³-hybridized carbons (Fsp3) is 0.489. The number of anilines is 1. The van der Waals surface area contributed by atoms with Crippen LogP contribution in [0.5, 0.6) is 11.5 Å². The van der Waals surface area contributed by atoms with Gasteiger partial charge in [-0.2, -0.15) is 0 Å². The Balaban J connectivity index is 0.00000512. The van der Waals surface area contributed by atoms with Gasteiger partial charge in [0, 0.05) is 47.0 Å². The zero-order valence-electron chi connectivity index (χ0n) is 32.9. The van der Waals surface area contributed by atoms with Crippen molar-refractivity contribution in [1.29, 1.82) is 0 Å². The van der Waals surface area contributed by atoms with E-state index in [0.29, 0.717) is 54.9 Å². The van der Waals surface area contributed by atoms with Crippen molar-refractivity contribution in [1.82, 2.24) is 14.7 Å². The fourth-order valence-corrected chi connectivity index (χ4v) is 10.9. The maximum absolute atomic E-state index is 14.9. The summed E-state index contributed by atoms with van der Waals surface area (Å²) in [6.45, 7) is 6.66. The molecule has 3 heterocycles. The van der Waals surface area contributed by atoms with E-state index in [4.69, 9.17) is 19.4 Å². The number of nitrogens with zero attached hydrogens (tertiary/aromatic N) is 3. The predicted molar refractivity (Wildman–Crippen MR) is 228 cm³/mol. The number of carbonyl (C=O) groups excluding carboxylic acids is 3. The molecule has 58 heavy (non-hydrogen) atoms. The highest BCUT2D eigenvalue weighted by atomic mass is 32.2. The van der Waals surface area contributed by atoms with Crippen LogP contribution in [-0.4, -0.2) is 61.0 Å². The number of methoxy groups -OCH3 is 1. The number of Topliss-reactive ketones (excluding diaryl/α,β-unsaturated/α-hetero) is 1. The second-order valence-corrected chi connectivity index (χ2v) is 19.3. The molecule has 8 rings (SSSR count). The van der Waals surface area contributed by atoms with Crippen molar-refractivity contribution in [2.24, 2.45) is 23.2 Å². The number of allylic oxidation sites excluding steroid dienone is 2. The van der Waals surface area contributed by atoms with Gasteiger partial charge in [0.1, 0.15) is 34.1 Å². The summed E-state index contributed by atoms with van der Waals surface area (Å²) in [6, 6.07) is 15.3. The molecule has 0 unspecified atom stereocenters. The van der Waals surface area contributed by atoms with Gasteiger partial charge in [-0.15, -0.1) is 11.3 Å². The van der Waals surface area contributed by atoms with Gasteiger partial charge in [-0.3, -0.25) is 19.1 Å². The molecule has 0 radical (unpaired) electrons. The third-order valence-electron chi connectivity index (χ3n) is 12.2. The average Bonchev–Trinajstić information content (AvgIpc) is 4.07. The van der Waals surface area contributed by atoms with Crippen molar-refractivity contribution in [2.75, 3.05) is 18.6 Å². The number of nitrogens with one attached hydrogen (secondary N) is 1. The first kappa shape index (κ1) is 41.5. The monoisotopic (exact) mass is 826 g/mol. The Bertz CT molecular complexity index is 2340. The maximum Gasteiger partial charge on any atom is 0.240 e. The van der Waals surface area contributed by atoms with Gasteiger partial charge < -0.3 is 14.4 Å². The Hall–Kier alpha value is -4.62. The minimum atomic E-state index is -3.82. The summed E-state index contributed by atoms with van der Waals surface area (Å²) in [4.78, 5) is 55.2. The number of hydrogen-bond acceptors (Lipinski definition) is 10. The third kappa shape index (κ3) is 8.16. The number of hydrogen-bond donors (Lipinski definition) is 1. The highest BCUT2D eigenvalue weighted by molar-refractivity contribution is 7.90. The number of benzene rings is 2. The lowest BCUT2D eigenvalue weighted by Gasteiger charge is -2.29. The van der Waals surface area contributed by atoms with E-state index in [1.165, 1.54) is 11.3 Å². The number of pyridine rings is 1. The molecule has 4 aliphatic rings. The summed E-state index contributed by atoms with van der Waals surface area (Å²) in [5.41, 5.74) is 2.79. The van der Waals surface area contributed by atoms with Crippen LogP contribution in [0.1, 0.15) is 96.2 Å². The Kier molecular flexibility index (Phi) is 11.9. The Morgan fingerprint density at radius 1 is 1.02 bits per heavy atom. The first-order chi connectivity index (χ1) is 27.4. The van der Waals surface area contributed by atoms with Gasteiger partial charge in [-0.25, -0.2) is 18.4 Å². The highest BCUT2D eigenvalue weighted by Gasteiger charge is 2.62. The SMILES string of the molecule is C.COc1ccc2c(O[C@@H]3C[C@H]4C(=O)C[C@]5(C(=O)NS(=O)(=O)C6CC6)C[C@H]5/C=C\CCCCN(c5ccccc5)C(=O)[C@@H]4C3)cc(-c3nc(C(C)C)cs3)nc2c1C. The average molecular weight is 827 g/mol. The molecular formula is C45H54N4O7S2. The molecule has 2 aromatic heterocycles. The van der Waals surface area contributed by atoms with Crippen molar-refractivity contribution < 1.29 is 32.3 Å². The number of aryl methyl sites for hydroxylation is 1. The van der Waals surface area contributed by atoms with E-state index >= 15 is 0 Å². The quantitative estimate of drug-likeness (QED) is 0.164. The van der Waals surface area contributed by atoms with Crippen LogP contribution in [0.15, 0.2) is 66.1 Å². The van der Waals surface area contributed by atoms with Crippen LogP contribution in [0.25, 0.3) is 21.6 Å². The van der Waals surface area contributed by atoms with Crippen molar-refractivity contribution in [3.8, 4) is 22.2 Å². The second kappa shape index (κ2) is 16.6. The number of fused-ring (bicyclic) bond motifs is 3. The van der Waals surface area contributed by atoms with E-state index in [1.54, 1.807) is 12.0 Å². The summed E-state index contributed by atoms with van der Waals surface area (Å²) in [6.07, 6.45) is 7.65. The highest BCUT2D eigenvalue weighted by Crippen LogP contribution is 2.58. The topological polar surface area (TPSA) is 145 Å². The number of ketones is 1. The Morgan fingerprint density at radius 2 is 1.78 bits per heavy atom. The predicted octanol–water partition coefficient (Wildman–Crippen LogP) is 8.56. The van der Waals surface area contributed by atoms with Crippen molar-refractivity contribution in [3.63, 3.8) is 0 Å². The fourth-order valence-electron chi connectivity index (χ4n) is 8.60. The number of carbonyl (C=O) groups is 3. The van der Waals surface area contributed by atoms with E-state index < -0.39 is 44.5 Å². The second-order valence-electron chi connectivity index (χ2n) is 16.5. The van der Waals surface area contributed by atoms with Gasteiger partial charge in [0.25, 0.3) is 0 Å². The molecule has 11 nitrogen and oxygen atoms in total. The number of para-hydroxylation sites is 1. The van der Waals surface area contributed by atoms with Crippen LogP contribution in [0.3, 0.4) is 0 Å². The molecule has 2 aromatic carbocycles. The van der Waals surface area contributed by atoms with Gasteiger partial charge in [0.2, 0.25) is 21.8 Å². The van der Waals surface area contributed by atoms with E-state index in [-0.39, 0.29) is 43.8 Å². The molecule has 0 spiro atoms. The van der Waals surface area contributed by atoms with Crippen molar-refractivity contribution in [2.45, 2.75) is 103 Å². The normalized spacial score (nSPS) is 25.6. The van der Waals surface area contributed by atoms with Crippen LogP contribution in [0.4, 0.5) is 5.69 Å². The summed E-state index contributed by atoms with van der Waals surface area (Å²) < 4.78 is 40.8. The summed E-state index contributed by atoms with van der Waals surface area (Å²) in [5.74, 6) is -1.18. The molecule has 13 heteroatoms. The first-order valence-corrected chi connectivity index (χ1v) is 22.5. The molecule has 3 saturated carbocycles. The molecule has 3 fully saturated rings. The van der Waals surface area contributed by atoms with Gasteiger partial charge in [0.05, 0.1) is 34.9 Å². The van der Waals surface area contributed by atoms with Crippen LogP contribution in [-0.2, 0) is 24.4 Å². The van der Waals surface area contributed by atoms with Crippen LogP contribution >= 0.6 is 11.3 Å². The van der Waals surface area contributed by atoms with Crippen LogP contribution in [0.2, 0.25) is 0 Å². The molecule has 3 aliphatic carbocycles. The lowest BCUT2D eigenvalue weighted by atomic mass is 9.83. The van der Waals surface area contributed by atoms with E-state index in [0.717, 1.165) is 46.6 Å². The number of aromatic nitrogens is 2. The molecule has 4 aromatic rings. The van der Waals surface area contributed by atoms with Gasteiger partial charge in [-0.05, 0) is 94.4 Å². The molecule has 1 aliphatic heterocycles. The minimum absolute atomic E-state index is 0. The third-order valence-corrected chi connectivity index (χ3v) is 14.9. The van der Waals surface area contributed by atoms with E-state index in [9.17, 15) is 22.8 Å².